The fraction of sp³-hybridized carbons (Fsp3) is 0. The van der Waals surface area contributed by atoms with Crippen LogP contribution in [0.4, 0.5) is 4.39 Å². The number of hydrogen-bond acceptors (Lipinski definition) is 3. The summed E-state index contributed by atoms with van der Waals surface area (Å²) in [6.07, 6.45) is 1.52. The van der Waals surface area contributed by atoms with Crippen LogP contribution in [0, 0.1) is 11.2 Å². The zero-order chi connectivity index (χ0) is 12.3. The van der Waals surface area contributed by atoms with E-state index in [0.29, 0.717) is 11.5 Å². The van der Waals surface area contributed by atoms with Crippen LogP contribution >= 0.6 is 0 Å². The Bertz CT molecular complexity index is 540. The number of rotatable bonds is 3. The first kappa shape index (κ1) is 11.1. The summed E-state index contributed by atoms with van der Waals surface area (Å²) in [5, 5.41) is 7.35. The molecule has 3 N–H and O–H groups in total. The molecule has 5 heteroatoms. The maximum atomic E-state index is 12.7. The lowest BCUT2D eigenvalue weighted by Gasteiger charge is -2.08. The monoisotopic (exact) mass is 231 g/mol. The molecule has 0 saturated carbocycles. The third kappa shape index (κ3) is 2.57. The molecule has 0 unspecified atom stereocenters. The molecule has 2 aromatic rings. The molecular weight excluding hydrogens is 221 g/mol. The van der Waals surface area contributed by atoms with Crippen molar-refractivity contribution < 1.29 is 9.13 Å². The van der Waals surface area contributed by atoms with Crippen LogP contribution in [0.5, 0.6) is 11.5 Å². The number of aromatic nitrogens is 1. The van der Waals surface area contributed by atoms with Gasteiger partial charge in [-0.05, 0) is 36.4 Å². The number of hydrogen-bond donors (Lipinski definition) is 2. The van der Waals surface area contributed by atoms with Gasteiger partial charge in [0.05, 0.1) is 0 Å². The van der Waals surface area contributed by atoms with Crippen LogP contribution in [-0.2, 0) is 0 Å². The van der Waals surface area contributed by atoms with Crippen LogP contribution < -0.4 is 10.5 Å². The molecule has 0 spiro atoms. The van der Waals surface area contributed by atoms with Gasteiger partial charge < -0.3 is 10.5 Å². The number of pyridine rings is 1. The van der Waals surface area contributed by atoms with Crippen molar-refractivity contribution in [3.63, 3.8) is 0 Å². The molecule has 0 aliphatic heterocycles. The van der Waals surface area contributed by atoms with Crippen LogP contribution in [0.15, 0.2) is 42.6 Å². The molecule has 0 radical (unpaired) electrons. The Hall–Kier alpha value is -2.43. The molecule has 0 amide bonds. The van der Waals surface area contributed by atoms with E-state index in [2.05, 4.69) is 4.98 Å². The van der Waals surface area contributed by atoms with E-state index in [1.807, 2.05) is 0 Å². The highest BCUT2D eigenvalue weighted by Gasteiger charge is 2.08. The van der Waals surface area contributed by atoms with E-state index < -0.39 is 0 Å². The van der Waals surface area contributed by atoms with Gasteiger partial charge >= 0.3 is 0 Å². The lowest BCUT2D eigenvalue weighted by atomic mass is 10.3. The minimum Gasteiger partial charge on any atom is -0.455 e. The summed E-state index contributed by atoms with van der Waals surface area (Å²) in [5.41, 5.74) is 5.63. The Morgan fingerprint density at radius 2 is 1.94 bits per heavy atom. The van der Waals surface area contributed by atoms with Gasteiger partial charge in [0.2, 0.25) is 0 Å². The van der Waals surface area contributed by atoms with Crippen LogP contribution in [0.25, 0.3) is 0 Å². The summed E-state index contributed by atoms with van der Waals surface area (Å²) in [7, 11) is 0. The van der Waals surface area contributed by atoms with E-state index in [9.17, 15) is 4.39 Å². The summed E-state index contributed by atoms with van der Waals surface area (Å²) in [5.74, 6) is 0.312. The minimum absolute atomic E-state index is 0.178. The second-order valence-electron chi connectivity index (χ2n) is 3.32. The number of benzene rings is 1. The van der Waals surface area contributed by atoms with Gasteiger partial charge in [0.1, 0.15) is 23.1 Å². The first-order valence-electron chi connectivity index (χ1n) is 4.89. The Morgan fingerprint density at radius 3 is 2.59 bits per heavy atom. The van der Waals surface area contributed by atoms with E-state index in [1.54, 1.807) is 12.1 Å². The van der Waals surface area contributed by atoms with Gasteiger partial charge in [0.25, 0.3) is 0 Å². The second-order valence-corrected chi connectivity index (χ2v) is 3.32. The topological polar surface area (TPSA) is 72.0 Å². The zero-order valence-corrected chi connectivity index (χ0v) is 8.85. The maximum absolute atomic E-state index is 12.7. The van der Waals surface area contributed by atoms with Crippen molar-refractivity contribution in [3.05, 3.63) is 54.1 Å². The summed E-state index contributed by atoms with van der Waals surface area (Å²) in [4.78, 5) is 3.94. The lowest BCUT2D eigenvalue weighted by molar-refractivity contribution is 0.477. The standard InChI is InChI=1S/C12H10FN3O/c13-8-3-5-9(6-4-8)17-10-2-1-7-16-11(10)12(14)15/h1-7H,(H3,14,15). The summed E-state index contributed by atoms with van der Waals surface area (Å²) < 4.78 is 18.2. The number of halogens is 1. The Labute approximate surface area is 97.4 Å². The number of nitrogens with zero attached hydrogens (tertiary/aromatic N) is 1. The summed E-state index contributed by atoms with van der Waals surface area (Å²) in [6.45, 7) is 0. The first-order chi connectivity index (χ1) is 8.16. The van der Waals surface area contributed by atoms with Gasteiger partial charge in [-0.2, -0.15) is 0 Å². The average molecular weight is 231 g/mol. The number of ether oxygens (including phenoxy) is 1. The predicted octanol–water partition coefficient (Wildman–Crippen LogP) is 2.30. The van der Waals surface area contributed by atoms with Crippen LogP contribution in [-0.4, -0.2) is 10.8 Å². The molecule has 4 nitrogen and oxygen atoms in total. The molecule has 1 aromatic heterocycles. The van der Waals surface area contributed by atoms with Gasteiger partial charge in [0.15, 0.2) is 5.75 Å². The predicted molar refractivity (Wildman–Crippen MR) is 61.7 cm³/mol. The smallest absolute Gasteiger partial charge is 0.156 e. The second kappa shape index (κ2) is 4.61. The average Bonchev–Trinajstić information content (AvgIpc) is 2.32. The number of nitrogens with two attached hydrogens (primary N) is 1. The summed E-state index contributed by atoms with van der Waals surface area (Å²) in [6, 6.07) is 8.88. The Kier molecular flexibility index (Phi) is 3.00. The van der Waals surface area contributed by atoms with Crippen molar-refractivity contribution in [2.24, 2.45) is 5.73 Å². The Balaban J connectivity index is 2.30. The SMILES string of the molecule is N=C(N)c1ncccc1Oc1ccc(F)cc1. The molecule has 0 atom stereocenters. The Morgan fingerprint density at radius 1 is 1.24 bits per heavy atom. The van der Waals surface area contributed by atoms with Crippen LogP contribution in [0.3, 0.4) is 0 Å². The van der Waals surface area contributed by atoms with Gasteiger partial charge in [0, 0.05) is 6.20 Å². The summed E-state index contributed by atoms with van der Waals surface area (Å²) >= 11 is 0. The fourth-order valence-corrected chi connectivity index (χ4v) is 1.30. The minimum atomic E-state index is -0.338. The van der Waals surface area contributed by atoms with Gasteiger partial charge in [-0.25, -0.2) is 9.37 Å². The van der Waals surface area contributed by atoms with Crippen molar-refractivity contribution >= 4 is 5.84 Å². The molecule has 2 rings (SSSR count). The van der Waals surface area contributed by atoms with Crippen LogP contribution in [0.2, 0.25) is 0 Å². The molecule has 0 saturated heterocycles. The third-order valence-electron chi connectivity index (χ3n) is 2.07. The molecule has 86 valence electrons. The highest BCUT2D eigenvalue weighted by Crippen LogP contribution is 2.23. The molecule has 0 bridgehead atoms. The highest BCUT2D eigenvalue weighted by molar-refractivity contribution is 5.95. The third-order valence-corrected chi connectivity index (χ3v) is 2.07. The molecule has 1 aromatic carbocycles. The number of amidine groups is 1. The molecular formula is C12H10FN3O. The normalized spacial score (nSPS) is 9.94. The molecule has 17 heavy (non-hydrogen) atoms. The van der Waals surface area contributed by atoms with E-state index in [0.717, 1.165) is 0 Å². The van der Waals surface area contributed by atoms with Crippen molar-refractivity contribution in [3.8, 4) is 11.5 Å². The van der Waals surface area contributed by atoms with Gasteiger partial charge in [-0.3, -0.25) is 5.41 Å². The first-order valence-corrected chi connectivity index (χ1v) is 4.89. The lowest BCUT2D eigenvalue weighted by Crippen LogP contribution is -2.14. The molecule has 0 aliphatic rings. The molecule has 0 fully saturated rings. The number of nitrogen functional groups attached to an aromatic ring is 1. The molecule has 1 heterocycles. The van der Waals surface area contributed by atoms with Gasteiger partial charge in [-0.15, -0.1) is 0 Å². The van der Waals surface area contributed by atoms with Crippen LogP contribution in [0.1, 0.15) is 5.69 Å². The number of nitrogens with one attached hydrogen (secondary N) is 1. The van der Waals surface area contributed by atoms with Gasteiger partial charge in [-0.1, -0.05) is 0 Å². The fourth-order valence-electron chi connectivity index (χ4n) is 1.30. The van der Waals surface area contributed by atoms with E-state index in [-0.39, 0.29) is 17.3 Å². The maximum Gasteiger partial charge on any atom is 0.156 e. The van der Waals surface area contributed by atoms with E-state index in [4.69, 9.17) is 15.9 Å². The zero-order valence-electron chi connectivity index (χ0n) is 8.85. The molecule has 0 aliphatic carbocycles. The van der Waals surface area contributed by atoms with E-state index >= 15 is 0 Å². The largest absolute Gasteiger partial charge is 0.455 e. The highest BCUT2D eigenvalue weighted by atomic mass is 19.1. The quantitative estimate of drug-likeness (QED) is 0.628. The van der Waals surface area contributed by atoms with Crippen molar-refractivity contribution in [1.82, 2.24) is 4.98 Å². The van der Waals surface area contributed by atoms with Crippen molar-refractivity contribution in [1.29, 1.82) is 5.41 Å². The van der Waals surface area contributed by atoms with E-state index in [1.165, 1.54) is 30.5 Å². The van der Waals surface area contributed by atoms with Crippen molar-refractivity contribution in [2.45, 2.75) is 0 Å². The van der Waals surface area contributed by atoms with Crippen molar-refractivity contribution in [2.75, 3.05) is 0 Å².